The average Bonchev–Trinajstić information content (AvgIpc) is 2.90. The molecule has 0 aliphatic heterocycles. The van der Waals surface area contributed by atoms with Crippen LogP contribution in [0.15, 0.2) is 121 Å². The zero-order valence-corrected chi connectivity index (χ0v) is 19.0. The summed E-state index contributed by atoms with van der Waals surface area (Å²) >= 11 is 0. The van der Waals surface area contributed by atoms with Crippen molar-refractivity contribution in [3.8, 4) is 0 Å². The van der Waals surface area contributed by atoms with Crippen LogP contribution < -0.4 is 5.32 Å². The van der Waals surface area contributed by atoms with Crippen LogP contribution in [0.1, 0.15) is 28.7 Å². The fraction of sp³-hybridized carbons (Fsp3) is 0.167. The third-order valence-corrected chi connectivity index (χ3v) is 5.97. The van der Waals surface area contributed by atoms with Crippen LogP contribution in [0.2, 0.25) is 0 Å². The number of carboxylic acid groups (broad SMARTS) is 1. The number of carbonyl (C=O) groups is 1. The molecule has 1 atom stereocenters. The van der Waals surface area contributed by atoms with Crippen molar-refractivity contribution in [2.24, 2.45) is 0 Å². The minimum Gasteiger partial charge on any atom is -0.480 e. The van der Waals surface area contributed by atoms with Crippen molar-refractivity contribution >= 4 is 5.97 Å². The number of ether oxygens (including phenoxy) is 1. The van der Waals surface area contributed by atoms with E-state index in [0.29, 0.717) is 19.6 Å². The van der Waals surface area contributed by atoms with Crippen molar-refractivity contribution in [2.45, 2.75) is 24.6 Å². The minimum absolute atomic E-state index is 0.327. The molecule has 4 nitrogen and oxygen atoms in total. The van der Waals surface area contributed by atoms with E-state index >= 15 is 0 Å². The number of hydrogen-bond acceptors (Lipinski definition) is 3. The summed E-state index contributed by atoms with van der Waals surface area (Å²) in [5.41, 5.74) is 3.15. The van der Waals surface area contributed by atoms with Gasteiger partial charge in [0.15, 0.2) is 0 Å². The molecular weight excluding hydrogens is 422 g/mol. The zero-order chi connectivity index (χ0) is 23.6. The van der Waals surface area contributed by atoms with Crippen LogP contribution in [0.5, 0.6) is 0 Å². The molecule has 0 heterocycles. The zero-order valence-electron chi connectivity index (χ0n) is 19.0. The number of aliphatic carboxylic acids is 1. The Morgan fingerprint density at radius 3 is 1.53 bits per heavy atom. The molecule has 34 heavy (non-hydrogen) atoms. The van der Waals surface area contributed by atoms with Crippen LogP contribution >= 0.6 is 0 Å². The Balaban J connectivity index is 1.67. The first-order valence-electron chi connectivity index (χ1n) is 11.5. The molecule has 4 aromatic carbocycles. The van der Waals surface area contributed by atoms with Gasteiger partial charge in [-0.25, -0.2) is 0 Å². The van der Waals surface area contributed by atoms with Crippen LogP contribution in [0.25, 0.3) is 0 Å². The summed E-state index contributed by atoms with van der Waals surface area (Å²) in [7, 11) is 0. The molecule has 0 bridgehead atoms. The highest BCUT2D eigenvalue weighted by atomic mass is 16.5. The van der Waals surface area contributed by atoms with Crippen molar-refractivity contribution in [2.75, 3.05) is 6.61 Å². The van der Waals surface area contributed by atoms with Crippen LogP contribution in [0, 0.1) is 0 Å². The SMILES string of the molecule is O=C(O)[C@@H](CCOCc1ccccc1)NC(c1ccccc1)(c1ccccc1)c1ccccc1. The summed E-state index contributed by atoms with van der Waals surface area (Å²) in [4.78, 5) is 12.4. The number of hydrogen-bond donors (Lipinski definition) is 2. The first kappa shape index (κ1) is 23.4. The van der Waals surface area contributed by atoms with Gasteiger partial charge in [-0.1, -0.05) is 121 Å². The van der Waals surface area contributed by atoms with E-state index in [4.69, 9.17) is 4.74 Å². The molecule has 0 aromatic heterocycles. The van der Waals surface area contributed by atoms with Gasteiger partial charge in [-0.3, -0.25) is 10.1 Å². The third-order valence-electron chi connectivity index (χ3n) is 5.97. The molecule has 0 spiro atoms. The van der Waals surface area contributed by atoms with Gasteiger partial charge in [-0.15, -0.1) is 0 Å². The number of benzene rings is 4. The lowest BCUT2D eigenvalue weighted by Gasteiger charge is -2.39. The van der Waals surface area contributed by atoms with Gasteiger partial charge in [0.05, 0.1) is 12.1 Å². The van der Waals surface area contributed by atoms with Crippen molar-refractivity contribution in [1.82, 2.24) is 5.32 Å². The molecule has 2 N–H and O–H groups in total. The average molecular weight is 452 g/mol. The largest absolute Gasteiger partial charge is 0.480 e. The molecule has 0 unspecified atom stereocenters. The van der Waals surface area contributed by atoms with Crippen LogP contribution in [0.3, 0.4) is 0 Å². The van der Waals surface area contributed by atoms with E-state index in [1.165, 1.54) is 0 Å². The van der Waals surface area contributed by atoms with Crippen molar-refractivity contribution in [3.63, 3.8) is 0 Å². The van der Waals surface area contributed by atoms with Gasteiger partial charge < -0.3 is 9.84 Å². The van der Waals surface area contributed by atoms with Gasteiger partial charge in [0.1, 0.15) is 6.04 Å². The maximum Gasteiger partial charge on any atom is 0.320 e. The van der Waals surface area contributed by atoms with E-state index in [9.17, 15) is 9.90 Å². The van der Waals surface area contributed by atoms with Gasteiger partial charge >= 0.3 is 5.97 Å². The molecule has 4 aromatic rings. The van der Waals surface area contributed by atoms with Gasteiger partial charge in [0, 0.05) is 6.61 Å². The van der Waals surface area contributed by atoms with Crippen LogP contribution in [-0.4, -0.2) is 23.7 Å². The van der Waals surface area contributed by atoms with Gasteiger partial charge in [0.25, 0.3) is 0 Å². The second-order valence-corrected chi connectivity index (χ2v) is 8.21. The highest BCUT2D eigenvalue weighted by molar-refractivity contribution is 5.74. The van der Waals surface area contributed by atoms with Crippen molar-refractivity contribution in [1.29, 1.82) is 0 Å². The Morgan fingerprint density at radius 2 is 1.12 bits per heavy atom. The summed E-state index contributed by atoms with van der Waals surface area (Å²) in [5, 5.41) is 13.7. The van der Waals surface area contributed by atoms with E-state index in [-0.39, 0.29) is 0 Å². The standard InChI is InChI=1S/C30H29NO3/c32-29(33)28(21-22-34-23-24-13-5-1-6-14-24)31-30(25-15-7-2-8-16-25,26-17-9-3-10-18-26)27-19-11-4-12-20-27/h1-20,28,31H,21-23H2,(H,32,33)/t28-/m1/s1. The monoisotopic (exact) mass is 451 g/mol. The summed E-state index contributed by atoms with van der Waals surface area (Å²) in [6.07, 6.45) is 0.330. The molecule has 172 valence electrons. The maximum absolute atomic E-state index is 12.4. The number of carboxylic acids is 1. The predicted octanol–water partition coefficient (Wildman–Crippen LogP) is 5.63. The van der Waals surface area contributed by atoms with Gasteiger partial charge in [-0.05, 0) is 28.7 Å². The van der Waals surface area contributed by atoms with E-state index in [2.05, 4.69) is 5.32 Å². The number of rotatable bonds is 11. The van der Waals surface area contributed by atoms with Crippen LogP contribution in [-0.2, 0) is 21.7 Å². The Morgan fingerprint density at radius 1 is 0.706 bits per heavy atom. The second kappa shape index (κ2) is 11.4. The molecule has 4 heteroatoms. The Hall–Kier alpha value is -3.73. The highest BCUT2D eigenvalue weighted by Gasteiger charge is 2.39. The van der Waals surface area contributed by atoms with Crippen molar-refractivity contribution in [3.05, 3.63) is 144 Å². The Labute approximate surface area is 200 Å². The van der Waals surface area contributed by atoms with Crippen LogP contribution in [0.4, 0.5) is 0 Å². The topological polar surface area (TPSA) is 58.6 Å². The second-order valence-electron chi connectivity index (χ2n) is 8.21. The molecule has 0 aliphatic rings. The highest BCUT2D eigenvalue weighted by Crippen LogP contribution is 2.37. The smallest absolute Gasteiger partial charge is 0.320 e. The fourth-order valence-corrected chi connectivity index (χ4v) is 4.30. The summed E-state index contributed by atoms with van der Waals surface area (Å²) in [5.74, 6) is -0.907. The fourth-order valence-electron chi connectivity index (χ4n) is 4.30. The molecule has 0 aliphatic carbocycles. The molecule has 0 radical (unpaired) electrons. The molecule has 0 amide bonds. The lowest BCUT2D eigenvalue weighted by molar-refractivity contribution is -0.140. The van der Waals surface area contributed by atoms with E-state index < -0.39 is 17.6 Å². The summed E-state index contributed by atoms with van der Waals surface area (Å²) in [6, 6.07) is 39.1. The van der Waals surface area contributed by atoms with E-state index in [1.807, 2.05) is 121 Å². The Kier molecular flexibility index (Phi) is 7.87. The molecule has 0 saturated heterocycles. The van der Waals surface area contributed by atoms with Gasteiger partial charge in [0.2, 0.25) is 0 Å². The van der Waals surface area contributed by atoms with E-state index in [1.54, 1.807) is 0 Å². The maximum atomic E-state index is 12.4. The van der Waals surface area contributed by atoms with Gasteiger partial charge in [-0.2, -0.15) is 0 Å². The Bertz CT molecular complexity index is 1050. The lowest BCUT2D eigenvalue weighted by atomic mass is 9.76. The van der Waals surface area contributed by atoms with Crippen molar-refractivity contribution < 1.29 is 14.6 Å². The quantitative estimate of drug-likeness (QED) is 0.229. The minimum atomic E-state index is -0.907. The van der Waals surface area contributed by atoms with E-state index in [0.717, 1.165) is 22.3 Å². The molecule has 0 fully saturated rings. The molecular formula is C30H29NO3. The number of nitrogens with one attached hydrogen (secondary N) is 1. The predicted molar refractivity (Wildman–Crippen MR) is 134 cm³/mol. The summed E-state index contributed by atoms with van der Waals surface area (Å²) in [6.45, 7) is 0.779. The molecule has 0 saturated carbocycles. The first-order valence-corrected chi connectivity index (χ1v) is 11.5. The normalized spacial score (nSPS) is 12.2. The first-order chi connectivity index (χ1) is 16.7. The molecule has 4 rings (SSSR count). The lowest BCUT2D eigenvalue weighted by Crippen LogP contribution is -2.53. The third kappa shape index (κ3) is 5.42. The summed E-state index contributed by atoms with van der Waals surface area (Å²) < 4.78 is 5.83.